The minimum atomic E-state index is 1.08. The van der Waals surface area contributed by atoms with Gasteiger partial charge in [-0.15, -0.1) is 11.3 Å². The van der Waals surface area contributed by atoms with E-state index in [2.05, 4.69) is 31.3 Å². The average Bonchev–Trinajstić information content (AvgIpc) is 2.53. The van der Waals surface area contributed by atoms with Crippen molar-refractivity contribution in [3.05, 3.63) is 21.9 Å². The summed E-state index contributed by atoms with van der Waals surface area (Å²) < 4.78 is 0. The highest BCUT2D eigenvalue weighted by Crippen LogP contribution is 2.16. The van der Waals surface area contributed by atoms with Gasteiger partial charge in [0, 0.05) is 9.75 Å². The first-order valence-corrected chi connectivity index (χ1v) is 5.46. The molecule has 0 aliphatic rings. The molecule has 1 nitrogen and oxygen atoms in total. The molecule has 0 aliphatic heterocycles. The van der Waals surface area contributed by atoms with Crippen molar-refractivity contribution in [2.24, 2.45) is 0 Å². The summed E-state index contributed by atoms with van der Waals surface area (Å²) in [6.45, 7) is 6.54. The summed E-state index contributed by atoms with van der Waals surface area (Å²) in [7, 11) is 0. The molecule has 0 saturated carbocycles. The van der Waals surface area contributed by atoms with Crippen molar-refractivity contribution in [1.82, 2.24) is 5.32 Å². The van der Waals surface area contributed by atoms with Crippen LogP contribution in [0.3, 0.4) is 0 Å². The zero-order chi connectivity index (χ0) is 8.81. The maximum absolute atomic E-state index is 3.33. The van der Waals surface area contributed by atoms with Crippen molar-refractivity contribution in [2.45, 2.75) is 26.7 Å². The van der Waals surface area contributed by atoms with Gasteiger partial charge in [-0.2, -0.15) is 0 Å². The molecule has 12 heavy (non-hydrogen) atoms. The average molecular weight is 183 g/mol. The van der Waals surface area contributed by atoms with Crippen molar-refractivity contribution in [3.63, 3.8) is 0 Å². The molecule has 0 fully saturated rings. The highest BCUT2D eigenvalue weighted by Gasteiger charge is 1.96. The van der Waals surface area contributed by atoms with E-state index in [1.807, 2.05) is 11.3 Å². The maximum Gasteiger partial charge on any atom is 0.00608 e. The Morgan fingerprint density at radius 3 is 2.58 bits per heavy atom. The molecule has 0 aliphatic carbocycles. The number of nitrogens with one attached hydrogen (secondary N) is 1. The smallest absolute Gasteiger partial charge is 0.00608 e. The van der Waals surface area contributed by atoms with E-state index in [0.717, 1.165) is 13.1 Å². The molecule has 1 N–H and O–H groups in total. The fraction of sp³-hybridized carbons (Fsp3) is 0.600. The lowest BCUT2D eigenvalue weighted by Crippen LogP contribution is -2.15. The van der Waals surface area contributed by atoms with Crippen LogP contribution in [0.1, 0.15) is 23.6 Å². The molecular weight excluding hydrogens is 166 g/mol. The van der Waals surface area contributed by atoms with Crippen LogP contribution in [0.2, 0.25) is 0 Å². The first-order chi connectivity index (χ1) is 5.86. The molecule has 0 aromatic carbocycles. The van der Waals surface area contributed by atoms with Crippen LogP contribution in [-0.2, 0) is 12.8 Å². The Morgan fingerprint density at radius 1 is 1.25 bits per heavy atom. The van der Waals surface area contributed by atoms with E-state index in [0.29, 0.717) is 0 Å². The molecule has 1 aromatic heterocycles. The van der Waals surface area contributed by atoms with E-state index in [4.69, 9.17) is 0 Å². The first-order valence-electron chi connectivity index (χ1n) is 4.65. The Labute approximate surface area is 78.8 Å². The quantitative estimate of drug-likeness (QED) is 0.691. The van der Waals surface area contributed by atoms with Crippen LogP contribution >= 0.6 is 11.3 Å². The van der Waals surface area contributed by atoms with Crippen molar-refractivity contribution < 1.29 is 0 Å². The standard InChI is InChI=1S/C10H17NS/c1-3-9-5-6-10(12-9)7-8-11-4-2/h5-6,11H,3-4,7-8H2,1-2H3. The van der Waals surface area contributed by atoms with Crippen LogP contribution in [0, 0.1) is 0 Å². The SMILES string of the molecule is CCNCCc1ccc(CC)s1. The van der Waals surface area contributed by atoms with Crippen LogP contribution in [-0.4, -0.2) is 13.1 Å². The lowest BCUT2D eigenvalue weighted by atomic mass is 10.3. The molecule has 1 heterocycles. The van der Waals surface area contributed by atoms with Crippen molar-refractivity contribution in [1.29, 1.82) is 0 Å². The van der Waals surface area contributed by atoms with Crippen LogP contribution in [0.5, 0.6) is 0 Å². The normalized spacial score (nSPS) is 10.5. The predicted molar refractivity (Wildman–Crippen MR) is 55.9 cm³/mol. The van der Waals surface area contributed by atoms with E-state index < -0.39 is 0 Å². The highest BCUT2D eigenvalue weighted by molar-refractivity contribution is 7.11. The van der Waals surface area contributed by atoms with Gasteiger partial charge in [-0.05, 0) is 38.1 Å². The number of thiophene rings is 1. The van der Waals surface area contributed by atoms with E-state index >= 15 is 0 Å². The van der Waals surface area contributed by atoms with Crippen molar-refractivity contribution in [2.75, 3.05) is 13.1 Å². The van der Waals surface area contributed by atoms with E-state index in [-0.39, 0.29) is 0 Å². The van der Waals surface area contributed by atoms with Crippen LogP contribution in [0.15, 0.2) is 12.1 Å². The van der Waals surface area contributed by atoms with Crippen LogP contribution in [0.25, 0.3) is 0 Å². The van der Waals surface area contributed by atoms with Gasteiger partial charge in [0.1, 0.15) is 0 Å². The Balaban J connectivity index is 2.31. The van der Waals surface area contributed by atoms with Gasteiger partial charge in [0.05, 0.1) is 0 Å². The summed E-state index contributed by atoms with van der Waals surface area (Å²) in [4.78, 5) is 3.01. The monoisotopic (exact) mass is 183 g/mol. The number of rotatable bonds is 5. The third-order valence-electron chi connectivity index (χ3n) is 1.86. The summed E-state index contributed by atoms with van der Waals surface area (Å²) in [5.74, 6) is 0. The Kier molecular flexibility index (Phi) is 4.33. The largest absolute Gasteiger partial charge is 0.317 e. The van der Waals surface area contributed by atoms with Gasteiger partial charge >= 0.3 is 0 Å². The number of hydrogen-bond donors (Lipinski definition) is 1. The molecule has 68 valence electrons. The van der Waals surface area contributed by atoms with Gasteiger partial charge in [0.2, 0.25) is 0 Å². The Morgan fingerprint density at radius 2 is 2.00 bits per heavy atom. The topological polar surface area (TPSA) is 12.0 Å². The molecule has 0 spiro atoms. The highest BCUT2D eigenvalue weighted by atomic mass is 32.1. The molecule has 1 rings (SSSR count). The second-order valence-corrected chi connectivity index (χ2v) is 4.08. The van der Waals surface area contributed by atoms with Gasteiger partial charge in [-0.1, -0.05) is 13.8 Å². The van der Waals surface area contributed by atoms with E-state index in [1.54, 1.807) is 0 Å². The summed E-state index contributed by atoms with van der Waals surface area (Å²) in [5.41, 5.74) is 0. The fourth-order valence-corrected chi connectivity index (χ4v) is 2.09. The van der Waals surface area contributed by atoms with Crippen LogP contribution < -0.4 is 5.32 Å². The van der Waals surface area contributed by atoms with Gasteiger partial charge in [0.25, 0.3) is 0 Å². The minimum Gasteiger partial charge on any atom is -0.317 e. The lowest BCUT2D eigenvalue weighted by Gasteiger charge is -1.97. The minimum absolute atomic E-state index is 1.08. The van der Waals surface area contributed by atoms with Gasteiger partial charge in [-0.3, -0.25) is 0 Å². The zero-order valence-electron chi connectivity index (χ0n) is 7.89. The summed E-state index contributed by atoms with van der Waals surface area (Å²) in [5, 5.41) is 3.33. The molecule has 0 amide bonds. The number of hydrogen-bond acceptors (Lipinski definition) is 2. The lowest BCUT2D eigenvalue weighted by molar-refractivity contribution is 0.721. The van der Waals surface area contributed by atoms with Crippen molar-refractivity contribution >= 4 is 11.3 Å². The molecule has 0 bridgehead atoms. The number of likely N-dealkylation sites (N-methyl/N-ethyl adjacent to an activating group) is 1. The molecule has 1 aromatic rings. The predicted octanol–water partition coefficient (Wildman–Crippen LogP) is 2.46. The van der Waals surface area contributed by atoms with Crippen LogP contribution in [0.4, 0.5) is 0 Å². The Bertz CT molecular complexity index is 217. The zero-order valence-corrected chi connectivity index (χ0v) is 8.71. The molecule has 0 unspecified atom stereocenters. The second-order valence-electron chi connectivity index (χ2n) is 2.83. The third-order valence-corrected chi connectivity index (χ3v) is 3.15. The fourth-order valence-electron chi connectivity index (χ4n) is 1.14. The van der Waals surface area contributed by atoms with E-state index in [9.17, 15) is 0 Å². The molecular formula is C10H17NS. The molecule has 0 radical (unpaired) electrons. The van der Waals surface area contributed by atoms with Gasteiger partial charge < -0.3 is 5.32 Å². The van der Waals surface area contributed by atoms with Gasteiger partial charge in [-0.25, -0.2) is 0 Å². The number of aryl methyl sites for hydroxylation is 1. The second kappa shape index (κ2) is 5.33. The maximum atomic E-state index is 3.33. The first kappa shape index (κ1) is 9.75. The summed E-state index contributed by atoms with van der Waals surface area (Å²) >= 11 is 1.94. The van der Waals surface area contributed by atoms with E-state index in [1.165, 1.54) is 22.6 Å². The third kappa shape index (κ3) is 2.95. The Hall–Kier alpha value is -0.340. The molecule has 2 heteroatoms. The molecule has 0 saturated heterocycles. The molecule has 0 atom stereocenters. The van der Waals surface area contributed by atoms with Crippen molar-refractivity contribution in [3.8, 4) is 0 Å². The summed E-state index contributed by atoms with van der Waals surface area (Å²) in [6.07, 6.45) is 2.35. The summed E-state index contributed by atoms with van der Waals surface area (Å²) in [6, 6.07) is 4.49. The van der Waals surface area contributed by atoms with Gasteiger partial charge in [0.15, 0.2) is 0 Å².